The lowest BCUT2D eigenvalue weighted by atomic mass is 10.1. The van der Waals surface area contributed by atoms with Crippen molar-refractivity contribution < 1.29 is 23.9 Å². The molecule has 4 unspecified atom stereocenters. The highest BCUT2D eigenvalue weighted by Crippen LogP contribution is 2.32. The summed E-state index contributed by atoms with van der Waals surface area (Å²) in [6, 6.07) is 5.38. The molecule has 1 aromatic carbocycles. The predicted octanol–water partition coefficient (Wildman–Crippen LogP) is -0.167. The molecular formula is C23H28N4O5. The first-order chi connectivity index (χ1) is 15.5. The van der Waals surface area contributed by atoms with E-state index in [-0.39, 0.29) is 48.1 Å². The topological polar surface area (TPSA) is 108 Å². The van der Waals surface area contributed by atoms with E-state index in [1.54, 1.807) is 23.0 Å². The lowest BCUT2D eigenvalue weighted by Crippen LogP contribution is -2.53. The maximum atomic E-state index is 13.5. The fourth-order valence-corrected chi connectivity index (χ4v) is 5.19. The number of rotatable bonds is 5. The van der Waals surface area contributed by atoms with Crippen molar-refractivity contribution in [3.05, 3.63) is 29.8 Å². The molecule has 5 rings (SSSR count). The van der Waals surface area contributed by atoms with Crippen LogP contribution in [-0.2, 0) is 25.6 Å². The van der Waals surface area contributed by atoms with E-state index in [0.717, 1.165) is 18.4 Å². The normalized spacial score (nSPS) is 29.2. The minimum Gasteiger partial charge on any atom is -0.496 e. The van der Waals surface area contributed by atoms with Gasteiger partial charge in [0.25, 0.3) is 0 Å². The second-order valence-corrected chi connectivity index (χ2v) is 9.15. The number of amides is 4. The van der Waals surface area contributed by atoms with Gasteiger partial charge in [0.05, 0.1) is 19.6 Å². The molecule has 1 aliphatic carbocycles. The SMILES string of the molecule is COc1ccccc1CC(=O)N1CCC2NC(=O)C3CC(NC(=O)C4CC4)CN3C(=O)C21. The van der Waals surface area contributed by atoms with E-state index < -0.39 is 12.1 Å². The molecule has 0 bridgehead atoms. The first kappa shape index (κ1) is 20.8. The summed E-state index contributed by atoms with van der Waals surface area (Å²) < 4.78 is 5.35. The van der Waals surface area contributed by atoms with Crippen molar-refractivity contribution in [2.24, 2.45) is 5.92 Å². The van der Waals surface area contributed by atoms with Gasteiger partial charge in [-0.1, -0.05) is 18.2 Å². The molecule has 3 aliphatic heterocycles. The number of fused-ring (bicyclic) bond motifs is 2. The maximum Gasteiger partial charge on any atom is 0.248 e. The van der Waals surface area contributed by atoms with Gasteiger partial charge >= 0.3 is 0 Å². The number of likely N-dealkylation sites (tertiary alicyclic amines) is 1. The molecule has 4 amide bonds. The van der Waals surface area contributed by atoms with Crippen LogP contribution in [0.5, 0.6) is 5.75 Å². The van der Waals surface area contributed by atoms with Gasteiger partial charge in [0.15, 0.2) is 0 Å². The highest BCUT2D eigenvalue weighted by atomic mass is 16.5. The van der Waals surface area contributed by atoms with Gasteiger partial charge in [-0.3, -0.25) is 19.2 Å². The monoisotopic (exact) mass is 440 g/mol. The maximum absolute atomic E-state index is 13.5. The summed E-state index contributed by atoms with van der Waals surface area (Å²) in [4.78, 5) is 54.9. The zero-order chi connectivity index (χ0) is 22.4. The second kappa shape index (κ2) is 8.11. The molecule has 4 fully saturated rings. The van der Waals surface area contributed by atoms with Crippen LogP contribution in [0.2, 0.25) is 0 Å². The van der Waals surface area contributed by atoms with Crippen LogP contribution in [0.25, 0.3) is 0 Å². The molecule has 4 aliphatic rings. The van der Waals surface area contributed by atoms with Gasteiger partial charge in [-0.15, -0.1) is 0 Å². The molecular weight excluding hydrogens is 412 g/mol. The van der Waals surface area contributed by atoms with Crippen molar-refractivity contribution in [2.45, 2.75) is 56.3 Å². The third-order valence-corrected chi connectivity index (χ3v) is 7.01. The van der Waals surface area contributed by atoms with Crippen molar-refractivity contribution in [3.8, 4) is 5.75 Å². The third kappa shape index (κ3) is 3.69. The van der Waals surface area contributed by atoms with Crippen LogP contribution in [-0.4, -0.2) is 77.8 Å². The summed E-state index contributed by atoms with van der Waals surface area (Å²) in [6.07, 6.45) is 2.88. The van der Waals surface area contributed by atoms with Crippen LogP contribution in [0.15, 0.2) is 24.3 Å². The average Bonchev–Trinajstić information content (AvgIpc) is 3.44. The lowest BCUT2D eigenvalue weighted by Gasteiger charge is -2.29. The van der Waals surface area contributed by atoms with E-state index in [9.17, 15) is 19.2 Å². The van der Waals surface area contributed by atoms with E-state index in [0.29, 0.717) is 31.7 Å². The van der Waals surface area contributed by atoms with E-state index in [1.807, 2.05) is 18.2 Å². The first-order valence-electron chi connectivity index (χ1n) is 11.3. The molecule has 0 aromatic heterocycles. The molecule has 0 radical (unpaired) electrons. The summed E-state index contributed by atoms with van der Waals surface area (Å²) in [5, 5.41) is 5.98. The number of carbonyl (C=O) groups excluding carboxylic acids is 4. The van der Waals surface area contributed by atoms with Crippen LogP contribution in [0.4, 0.5) is 0 Å². The summed E-state index contributed by atoms with van der Waals surface area (Å²) >= 11 is 0. The quantitative estimate of drug-likeness (QED) is 0.661. The molecule has 32 heavy (non-hydrogen) atoms. The third-order valence-electron chi connectivity index (χ3n) is 7.01. The molecule has 170 valence electrons. The number of ether oxygens (including phenoxy) is 1. The first-order valence-corrected chi connectivity index (χ1v) is 11.3. The van der Waals surface area contributed by atoms with Crippen molar-refractivity contribution in [2.75, 3.05) is 20.2 Å². The van der Waals surface area contributed by atoms with Gasteiger partial charge in [0.1, 0.15) is 17.8 Å². The Hall–Kier alpha value is -3.10. The van der Waals surface area contributed by atoms with Gasteiger partial charge in [-0.2, -0.15) is 0 Å². The number of nitrogens with one attached hydrogen (secondary N) is 2. The van der Waals surface area contributed by atoms with Crippen molar-refractivity contribution in [1.29, 1.82) is 0 Å². The highest BCUT2D eigenvalue weighted by Gasteiger charge is 2.52. The lowest BCUT2D eigenvalue weighted by molar-refractivity contribution is -0.144. The number of methoxy groups -OCH3 is 1. The van der Waals surface area contributed by atoms with Crippen LogP contribution in [0, 0.1) is 5.92 Å². The van der Waals surface area contributed by atoms with Crippen molar-refractivity contribution >= 4 is 23.6 Å². The summed E-state index contributed by atoms with van der Waals surface area (Å²) in [7, 11) is 1.56. The Labute approximate surface area is 186 Å². The number of benzene rings is 1. The molecule has 3 saturated heterocycles. The molecule has 4 atom stereocenters. The smallest absolute Gasteiger partial charge is 0.248 e. The van der Waals surface area contributed by atoms with Crippen LogP contribution in [0.1, 0.15) is 31.2 Å². The van der Waals surface area contributed by atoms with Gasteiger partial charge in [-0.25, -0.2) is 0 Å². The van der Waals surface area contributed by atoms with Gasteiger partial charge in [0.2, 0.25) is 23.6 Å². The zero-order valence-electron chi connectivity index (χ0n) is 18.1. The molecule has 2 N–H and O–H groups in total. The second-order valence-electron chi connectivity index (χ2n) is 9.15. The number of hydrogen-bond acceptors (Lipinski definition) is 5. The van der Waals surface area contributed by atoms with Crippen LogP contribution >= 0.6 is 0 Å². The minimum atomic E-state index is -0.718. The van der Waals surface area contributed by atoms with E-state index in [2.05, 4.69) is 10.6 Å². The summed E-state index contributed by atoms with van der Waals surface area (Å²) in [6.45, 7) is 0.711. The predicted molar refractivity (Wildman–Crippen MR) is 114 cm³/mol. The Kier molecular flexibility index (Phi) is 5.27. The number of carbonyl (C=O) groups is 4. The van der Waals surface area contributed by atoms with Crippen molar-refractivity contribution in [3.63, 3.8) is 0 Å². The van der Waals surface area contributed by atoms with Crippen LogP contribution < -0.4 is 15.4 Å². The van der Waals surface area contributed by atoms with E-state index in [1.165, 1.54) is 0 Å². The summed E-state index contributed by atoms with van der Waals surface area (Å²) in [5.74, 6) is 0.127. The molecule has 3 heterocycles. The average molecular weight is 441 g/mol. The van der Waals surface area contributed by atoms with Gasteiger partial charge in [0, 0.05) is 30.6 Å². The van der Waals surface area contributed by atoms with Gasteiger partial charge in [-0.05, 0) is 31.7 Å². The minimum absolute atomic E-state index is 0.00729. The fraction of sp³-hybridized carbons (Fsp3) is 0.565. The van der Waals surface area contributed by atoms with E-state index >= 15 is 0 Å². The Bertz CT molecular complexity index is 961. The Morgan fingerprint density at radius 2 is 1.97 bits per heavy atom. The molecule has 0 spiro atoms. The number of hydrogen-bond donors (Lipinski definition) is 2. The molecule has 9 heteroatoms. The van der Waals surface area contributed by atoms with E-state index in [4.69, 9.17) is 4.74 Å². The molecule has 9 nitrogen and oxygen atoms in total. The number of para-hydroxylation sites is 1. The van der Waals surface area contributed by atoms with Crippen LogP contribution in [0.3, 0.4) is 0 Å². The fourth-order valence-electron chi connectivity index (χ4n) is 5.19. The summed E-state index contributed by atoms with van der Waals surface area (Å²) in [5.41, 5.74) is 0.760. The Morgan fingerprint density at radius 1 is 1.19 bits per heavy atom. The highest BCUT2D eigenvalue weighted by molar-refractivity contribution is 5.97. The molecule has 1 aromatic rings. The largest absolute Gasteiger partial charge is 0.496 e. The number of nitrogens with zero attached hydrogens (tertiary/aromatic N) is 2. The molecule has 1 saturated carbocycles. The standard InChI is InChI=1S/C23H28N4O5/c1-32-18-5-3-2-4-14(18)10-19(28)26-9-8-16-20(26)23(31)27-12-15(11-17(27)22(30)25-16)24-21(29)13-6-7-13/h2-5,13,15-17,20H,6-12H2,1H3,(H,24,29)(H,25,30). The zero-order valence-corrected chi connectivity index (χ0v) is 18.1. The van der Waals surface area contributed by atoms with Crippen molar-refractivity contribution in [1.82, 2.24) is 20.4 Å². The van der Waals surface area contributed by atoms with Gasteiger partial charge < -0.3 is 25.2 Å². The Balaban J connectivity index is 1.32. The Morgan fingerprint density at radius 3 is 2.72 bits per heavy atom.